The largest absolute Gasteiger partial charge is 0.242 e. The molecule has 15 rings (SSSR count). The van der Waals surface area contributed by atoms with Gasteiger partial charge in [0, 0.05) is 19.7 Å². The summed E-state index contributed by atoms with van der Waals surface area (Å²) in [6.45, 7) is 0. The van der Waals surface area contributed by atoms with Crippen molar-refractivity contribution in [2.24, 2.45) is 0 Å². The summed E-state index contributed by atoms with van der Waals surface area (Å²) in [6.07, 6.45) is 0. The normalized spacial score (nSPS) is 13.8. The first-order valence-corrected chi connectivity index (χ1v) is 27.1. The van der Waals surface area contributed by atoms with Gasteiger partial charge in [-0.1, -0.05) is 238 Å². The predicted octanol–water partition coefficient (Wildman–Crippen LogP) is 18.7. The fraction of sp³-hybridized carbons (Fsp3) is 0.0294. The summed E-state index contributed by atoms with van der Waals surface area (Å²) in [7, 11) is 0. The molecule has 0 bridgehead atoms. The van der Waals surface area contributed by atoms with Crippen LogP contribution in [0, 0.1) is 0 Å². The van der Waals surface area contributed by atoms with Gasteiger partial charge in [0.05, 0.1) is 31.6 Å². The van der Waals surface area contributed by atoms with Crippen molar-refractivity contribution >= 4 is 86.8 Å². The first kappa shape index (κ1) is 42.8. The van der Waals surface area contributed by atoms with Crippen LogP contribution >= 0.6 is 43.2 Å². The van der Waals surface area contributed by atoms with E-state index in [0.29, 0.717) is 0 Å². The fourth-order valence-electron chi connectivity index (χ4n) is 12.8. The van der Waals surface area contributed by atoms with Gasteiger partial charge in [0.15, 0.2) is 0 Å². The number of rotatable bonds is 6. The van der Waals surface area contributed by atoms with Gasteiger partial charge in [-0.05, 0) is 125 Å². The van der Waals surface area contributed by atoms with Crippen molar-refractivity contribution in [3.8, 4) is 43.1 Å². The highest BCUT2D eigenvalue weighted by molar-refractivity contribution is 9.10. The van der Waals surface area contributed by atoms with Crippen LogP contribution in [0.5, 0.6) is 0 Å². The molecule has 5 heteroatoms. The minimum atomic E-state index is -0.553. The van der Waals surface area contributed by atoms with E-state index in [1.807, 2.05) is 11.3 Å². The molecular weight excluding hydrogens is 1040 g/mol. The quantitative estimate of drug-likeness (QED) is 0.155. The molecule has 0 unspecified atom stereocenters. The lowest BCUT2D eigenvalue weighted by Gasteiger charge is -2.34. The Morgan fingerprint density at radius 1 is 0.288 bits per heavy atom. The van der Waals surface area contributed by atoms with Crippen LogP contribution in [-0.4, -0.2) is 9.97 Å². The molecule has 0 saturated heterocycles. The van der Waals surface area contributed by atoms with E-state index in [0.717, 1.165) is 73.4 Å². The number of aromatic nitrogens is 2. The maximum absolute atomic E-state index is 5.87. The van der Waals surface area contributed by atoms with E-state index >= 15 is 0 Å². The minimum Gasteiger partial charge on any atom is -0.242 e. The molecule has 0 fully saturated rings. The summed E-state index contributed by atoms with van der Waals surface area (Å²) in [5.74, 6) is 0. The van der Waals surface area contributed by atoms with E-state index < -0.39 is 10.8 Å². The maximum atomic E-state index is 5.87. The molecule has 2 heterocycles. The number of nitrogens with zero attached hydrogens (tertiary/aromatic N) is 2. The minimum absolute atomic E-state index is 0.553. The smallest absolute Gasteiger partial charge is 0.109 e. The Morgan fingerprint density at radius 3 is 1.01 bits per heavy atom. The van der Waals surface area contributed by atoms with E-state index in [1.54, 1.807) is 0 Å². The summed E-state index contributed by atoms with van der Waals surface area (Å²) in [4.78, 5) is 13.9. The average molecular weight is 1080 g/mol. The predicted molar refractivity (Wildman–Crippen MR) is 311 cm³/mol. The van der Waals surface area contributed by atoms with Gasteiger partial charge >= 0.3 is 0 Å². The monoisotopic (exact) mass is 1070 g/mol. The number of hydrogen-bond donors (Lipinski definition) is 0. The summed E-state index contributed by atoms with van der Waals surface area (Å²) in [5, 5.41) is 4.40. The van der Waals surface area contributed by atoms with E-state index in [4.69, 9.17) is 9.97 Å². The molecule has 342 valence electrons. The zero-order valence-electron chi connectivity index (χ0n) is 39.2. The van der Waals surface area contributed by atoms with Crippen LogP contribution in [0.4, 0.5) is 0 Å². The van der Waals surface area contributed by atoms with Crippen molar-refractivity contribution in [3.05, 3.63) is 296 Å². The second kappa shape index (κ2) is 16.4. The molecule has 0 saturated carbocycles. The summed E-state index contributed by atoms with van der Waals surface area (Å²) in [6, 6.07) is 89.6. The van der Waals surface area contributed by atoms with Crippen molar-refractivity contribution in [2.75, 3.05) is 0 Å². The zero-order chi connectivity index (χ0) is 48.4. The Labute approximate surface area is 443 Å². The molecule has 0 spiro atoms. The molecule has 0 atom stereocenters. The SMILES string of the molecule is Brc1ccc2c(c1)c1cc(Br)ccc1c1nc3c(-c4ccc5c(c4)C(c4ccccc4)(c4ccccc4)c4ccccc4-5)sc(-c4ccc5c(c4)C(c4ccccc4)(c4ccccc4)c4ccccc4-5)c3nc21. The Kier molecular flexibility index (Phi) is 9.60. The van der Waals surface area contributed by atoms with Crippen molar-refractivity contribution in [2.45, 2.75) is 10.8 Å². The van der Waals surface area contributed by atoms with Crippen LogP contribution in [0.2, 0.25) is 0 Å². The van der Waals surface area contributed by atoms with Crippen LogP contribution < -0.4 is 0 Å². The number of benzene rings is 11. The van der Waals surface area contributed by atoms with E-state index in [9.17, 15) is 0 Å². The van der Waals surface area contributed by atoms with Crippen LogP contribution in [0.25, 0.3) is 86.7 Å². The molecule has 73 heavy (non-hydrogen) atoms. The molecular formula is C68H40Br2N2S. The van der Waals surface area contributed by atoms with Gasteiger partial charge in [0.1, 0.15) is 11.0 Å². The van der Waals surface area contributed by atoms with Gasteiger partial charge in [-0.3, -0.25) is 0 Å². The third-order valence-electron chi connectivity index (χ3n) is 15.7. The van der Waals surface area contributed by atoms with Crippen molar-refractivity contribution < 1.29 is 0 Å². The fourth-order valence-corrected chi connectivity index (χ4v) is 14.7. The highest BCUT2D eigenvalue weighted by Crippen LogP contribution is 2.60. The lowest BCUT2D eigenvalue weighted by molar-refractivity contribution is 0.769. The molecule has 13 aromatic rings. The molecule has 2 aliphatic rings. The molecule has 2 nitrogen and oxygen atoms in total. The second-order valence-electron chi connectivity index (χ2n) is 19.3. The van der Waals surface area contributed by atoms with Crippen LogP contribution in [-0.2, 0) is 10.8 Å². The van der Waals surface area contributed by atoms with Gasteiger partial charge < -0.3 is 0 Å². The Balaban J connectivity index is 1.05. The Bertz CT molecular complexity index is 4040. The lowest BCUT2D eigenvalue weighted by atomic mass is 9.67. The van der Waals surface area contributed by atoms with Crippen molar-refractivity contribution in [1.29, 1.82) is 0 Å². The molecule has 0 amide bonds. The van der Waals surface area contributed by atoms with Crippen LogP contribution in [0.3, 0.4) is 0 Å². The number of halogens is 2. The topological polar surface area (TPSA) is 25.8 Å². The van der Waals surface area contributed by atoms with Crippen molar-refractivity contribution in [3.63, 3.8) is 0 Å². The van der Waals surface area contributed by atoms with E-state index in [1.165, 1.54) is 66.8 Å². The number of hydrogen-bond acceptors (Lipinski definition) is 3. The van der Waals surface area contributed by atoms with Crippen LogP contribution in [0.1, 0.15) is 44.5 Å². The molecule has 11 aromatic carbocycles. The number of fused-ring (bicyclic) bond motifs is 13. The van der Waals surface area contributed by atoms with Gasteiger partial charge in [0.2, 0.25) is 0 Å². The molecule has 0 N–H and O–H groups in total. The van der Waals surface area contributed by atoms with Crippen molar-refractivity contribution in [1.82, 2.24) is 9.97 Å². The highest BCUT2D eigenvalue weighted by Gasteiger charge is 2.48. The molecule has 2 aromatic heterocycles. The Hall–Kier alpha value is -7.80. The summed E-state index contributed by atoms with van der Waals surface area (Å²) in [5.41, 5.74) is 19.8. The van der Waals surface area contributed by atoms with Gasteiger partial charge in [-0.25, -0.2) is 9.97 Å². The van der Waals surface area contributed by atoms with E-state index in [2.05, 4.69) is 275 Å². The maximum Gasteiger partial charge on any atom is 0.109 e. The standard InChI is InChI=1S/C68H40Br2N2S/c69-47-31-35-53-55(39-47)56-40-48(70)32-36-54(56)62-61(53)71-63-64(72-62)66(42-30-34-52-50-26-14-16-28-58(50)68(60(52)38-42,45-21-9-3-10-22-45)46-23-11-4-12-24-46)73-65(63)41-29-33-51-49-25-13-15-27-57(49)67(59(51)37-41,43-17-5-1-6-18-43)44-19-7-2-8-20-44/h1-40H. The van der Waals surface area contributed by atoms with Gasteiger partial charge in [-0.2, -0.15) is 0 Å². The average Bonchev–Trinajstić information content (AvgIpc) is 4.10. The Morgan fingerprint density at radius 2 is 0.630 bits per heavy atom. The lowest BCUT2D eigenvalue weighted by Crippen LogP contribution is -2.28. The third-order valence-corrected chi connectivity index (χ3v) is 18.0. The first-order valence-electron chi connectivity index (χ1n) is 24.7. The second-order valence-corrected chi connectivity index (χ2v) is 22.2. The molecule has 0 aliphatic heterocycles. The highest BCUT2D eigenvalue weighted by atomic mass is 79.9. The van der Waals surface area contributed by atoms with Gasteiger partial charge in [-0.15, -0.1) is 11.3 Å². The first-order chi connectivity index (χ1) is 36.0. The molecule has 2 aliphatic carbocycles. The van der Waals surface area contributed by atoms with Gasteiger partial charge in [0.25, 0.3) is 0 Å². The summed E-state index contributed by atoms with van der Waals surface area (Å²) < 4.78 is 2.04. The number of thiophene rings is 1. The zero-order valence-corrected chi connectivity index (χ0v) is 43.1. The van der Waals surface area contributed by atoms with E-state index in [-0.39, 0.29) is 0 Å². The third kappa shape index (κ3) is 6.08. The van der Waals surface area contributed by atoms with Crippen LogP contribution in [0.15, 0.2) is 252 Å². The summed E-state index contributed by atoms with van der Waals surface area (Å²) >= 11 is 9.43. The molecule has 0 radical (unpaired) electrons.